The van der Waals surface area contributed by atoms with Gasteiger partial charge in [-0.1, -0.05) is 27.7 Å². The number of fused-ring (bicyclic) bond motifs is 1. The van der Waals surface area contributed by atoms with Gasteiger partial charge in [-0.05, 0) is 30.6 Å². The molecule has 9 atom stereocenters. The number of carbonyl (C=O) groups excluding carboxylic acids is 4. The van der Waals surface area contributed by atoms with Crippen molar-refractivity contribution in [3.05, 3.63) is 11.3 Å². The van der Waals surface area contributed by atoms with Gasteiger partial charge in [0.05, 0.1) is 58.6 Å². The predicted octanol–water partition coefficient (Wildman–Crippen LogP) is 1.89. The third kappa shape index (κ3) is 7.15. The second-order valence-corrected chi connectivity index (χ2v) is 16.2. The van der Waals surface area contributed by atoms with Crippen molar-refractivity contribution in [1.29, 1.82) is 0 Å². The van der Waals surface area contributed by atoms with E-state index in [1.165, 1.54) is 0 Å². The maximum atomic E-state index is 13.5. The second-order valence-electron chi connectivity index (χ2n) is 10.7. The standard InChI is InChI=1S/C24H42N5O9P3Si/c1-6-42(7-2,8-3)38-13(5)17-18-12(4)14(19(21(32)35-39)29(18)20(17)31)9-28-10-15(16(30)11-28)25-22(26-23(33)36-40)27-24(34)37-41/h12-13,15-18,30H,6-11,39-41H2,1-5H3,(H2,25,26,27,33,34)/t12-,13+,15+,16+,17?,18+/m0/s1. The molecule has 4 unspecified atom stereocenters. The van der Waals surface area contributed by atoms with Gasteiger partial charge in [0.15, 0.2) is 8.32 Å². The van der Waals surface area contributed by atoms with Crippen molar-refractivity contribution < 1.29 is 42.3 Å². The molecular weight excluding hydrogens is 623 g/mol. The Morgan fingerprint density at radius 1 is 1.05 bits per heavy atom. The number of aliphatic hydroxyl groups excluding tert-OH is 1. The van der Waals surface area contributed by atoms with Crippen LogP contribution in [0, 0.1) is 11.8 Å². The molecule has 0 aromatic heterocycles. The predicted molar refractivity (Wildman–Crippen MR) is 166 cm³/mol. The summed E-state index contributed by atoms with van der Waals surface area (Å²) in [6.07, 6.45) is -3.05. The smallest absolute Gasteiger partial charge is 0.416 e. The minimum atomic E-state index is -1.97. The monoisotopic (exact) mass is 665 g/mol. The number of rotatable bonds is 10. The Morgan fingerprint density at radius 2 is 1.62 bits per heavy atom. The molecule has 0 bridgehead atoms. The van der Waals surface area contributed by atoms with Gasteiger partial charge >= 0.3 is 18.2 Å². The Balaban J connectivity index is 1.81. The van der Waals surface area contributed by atoms with E-state index >= 15 is 0 Å². The lowest BCUT2D eigenvalue weighted by Gasteiger charge is -2.49. The molecular formula is C24H42N5O9P3Si. The Labute approximate surface area is 254 Å². The van der Waals surface area contributed by atoms with E-state index in [1.54, 1.807) is 23.8 Å². The van der Waals surface area contributed by atoms with Crippen LogP contribution in [0.2, 0.25) is 18.1 Å². The van der Waals surface area contributed by atoms with Crippen LogP contribution in [0.4, 0.5) is 9.59 Å². The number of nitrogens with one attached hydrogen (secondary N) is 2. The number of nitrogens with zero attached hydrogens (tertiary/aromatic N) is 3. The first-order valence-corrected chi connectivity index (χ1v) is 17.8. The van der Waals surface area contributed by atoms with Gasteiger partial charge in [0.25, 0.3) is 0 Å². The summed E-state index contributed by atoms with van der Waals surface area (Å²) in [5.74, 6) is -1.58. The van der Waals surface area contributed by atoms with Crippen LogP contribution >= 0.6 is 28.4 Å². The molecule has 3 heterocycles. The molecule has 2 saturated heterocycles. The van der Waals surface area contributed by atoms with Crippen LogP contribution in [-0.4, -0.2) is 97.2 Å². The highest BCUT2D eigenvalue weighted by Gasteiger charge is 2.61. The molecule has 3 amide bonds. The van der Waals surface area contributed by atoms with E-state index in [0.717, 1.165) is 23.7 Å². The molecule has 42 heavy (non-hydrogen) atoms. The first kappa shape index (κ1) is 34.8. The van der Waals surface area contributed by atoms with Gasteiger partial charge in [0.2, 0.25) is 11.9 Å². The number of hydrogen-bond donors (Lipinski definition) is 3. The zero-order valence-corrected chi connectivity index (χ0v) is 29.0. The molecule has 0 saturated carbocycles. The second kappa shape index (κ2) is 14.8. The van der Waals surface area contributed by atoms with Crippen LogP contribution in [0.5, 0.6) is 0 Å². The number of carbonyl (C=O) groups is 4. The van der Waals surface area contributed by atoms with Crippen molar-refractivity contribution in [2.45, 2.75) is 77.0 Å². The highest BCUT2D eigenvalue weighted by Crippen LogP contribution is 2.49. The van der Waals surface area contributed by atoms with E-state index < -0.39 is 38.6 Å². The average molecular weight is 666 g/mol. The lowest BCUT2D eigenvalue weighted by atomic mass is 9.77. The fourth-order valence-corrected chi connectivity index (χ4v) is 9.38. The molecule has 3 aliphatic heterocycles. The van der Waals surface area contributed by atoms with E-state index in [-0.39, 0.29) is 61.2 Å². The van der Waals surface area contributed by atoms with Gasteiger partial charge in [0.1, 0.15) is 5.70 Å². The molecule has 0 spiro atoms. The third-order valence-electron chi connectivity index (χ3n) is 8.65. The van der Waals surface area contributed by atoms with Crippen LogP contribution in [0.3, 0.4) is 0 Å². The molecule has 236 valence electrons. The maximum absolute atomic E-state index is 13.5. The third-order valence-corrected chi connectivity index (χ3v) is 14.0. The number of β-amino-alcohol motifs (C(OH)–C–C–N with tert-alkyl or cyclic N) is 1. The molecule has 3 N–H and O–H groups in total. The van der Waals surface area contributed by atoms with Gasteiger partial charge < -0.3 is 28.0 Å². The summed E-state index contributed by atoms with van der Waals surface area (Å²) in [7, 11) is 3.53. The fourth-order valence-electron chi connectivity index (χ4n) is 6.21. The minimum absolute atomic E-state index is 0.154. The quantitative estimate of drug-likeness (QED) is 0.103. The number of amides is 3. The molecule has 3 rings (SSSR count). The number of β-lactam (4-membered cyclic amide) rings is 1. The van der Waals surface area contributed by atoms with Gasteiger partial charge in [-0.2, -0.15) is 0 Å². The van der Waals surface area contributed by atoms with Gasteiger partial charge in [-0.3, -0.25) is 20.3 Å². The summed E-state index contributed by atoms with van der Waals surface area (Å²) < 4.78 is 20.6. The van der Waals surface area contributed by atoms with Gasteiger partial charge in [-0.15, -0.1) is 0 Å². The van der Waals surface area contributed by atoms with Gasteiger partial charge in [0, 0.05) is 25.6 Å². The lowest BCUT2D eigenvalue weighted by molar-refractivity contribution is -0.161. The topological polar surface area (TPSA) is 168 Å². The Kier molecular flexibility index (Phi) is 12.3. The normalized spacial score (nSPS) is 26.3. The van der Waals surface area contributed by atoms with E-state index in [0.29, 0.717) is 0 Å². The fraction of sp³-hybridized carbons (Fsp3) is 0.708. The SMILES string of the molecule is CC[Si](CC)(CC)O[C@H](C)C1C(=O)N2C(C(=O)OP)=C(CN3C[C@@H](O)[C@H](N=C(NC(=O)OP)NC(=O)OP)C3)[C@H](C)[C@H]12. The molecule has 0 aromatic carbocycles. The Hall–Kier alpha value is -1.72. The van der Waals surface area contributed by atoms with Crippen molar-refractivity contribution >= 4 is 66.7 Å². The zero-order valence-electron chi connectivity index (χ0n) is 24.5. The van der Waals surface area contributed by atoms with Gasteiger partial charge in [-0.25, -0.2) is 19.4 Å². The van der Waals surface area contributed by atoms with Crippen molar-refractivity contribution in [2.24, 2.45) is 16.8 Å². The largest absolute Gasteiger partial charge is 0.447 e. The van der Waals surface area contributed by atoms with Crippen LogP contribution in [-0.2, 0) is 27.6 Å². The molecule has 3 aliphatic rings. The Morgan fingerprint density at radius 3 is 2.12 bits per heavy atom. The highest BCUT2D eigenvalue weighted by molar-refractivity contribution is 7.11. The maximum Gasteiger partial charge on any atom is 0.416 e. The zero-order chi connectivity index (χ0) is 31.4. The van der Waals surface area contributed by atoms with E-state index in [1.807, 2.05) is 28.2 Å². The number of hydrogen-bond acceptors (Lipinski definition) is 11. The summed E-state index contributed by atoms with van der Waals surface area (Å²) in [4.78, 5) is 57.6. The van der Waals surface area contributed by atoms with Crippen molar-refractivity contribution in [3.8, 4) is 0 Å². The average Bonchev–Trinajstić information content (AvgIpc) is 3.44. The molecule has 2 fully saturated rings. The first-order chi connectivity index (χ1) is 19.9. The van der Waals surface area contributed by atoms with Crippen LogP contribution < -0.4 is 10.6 Å². The number of likely N-dealkylation sites (tertiary alicyclic amines) is 1. The summed E-state index contributed by atoms with van der Waals surface area (Å²) >= 11 is 0. The summed E-state index contributed by atoms with van der Waals surface area (Å²) in [6, 6.07) is 1.92. The van der Waals surface area contributed by atoms with E-state index in [2.05, 4.69) is 45.4 Å². The Bertz CT molecular complexity index is 1100. The van der Waals surface area contributed by atoms with E-state index in [4.69, 9.17) is 8.95 Å². The molecule has 0 aromatic rings. The van der Waals surface area contributed by atoms with Crippen molar-refractivity contribution in [3.63, 3.8) is 0 Å². The first-order valence-electron chi connectivity index (χ1n) is 13.9. The van der Waals surface area contributed by atoms with Crippen molar-refractivity contribution in [1.82, 2.24) is 20.4 Å². The molecule has 0 radical (unpaired) electrons. The van der Waals surface area contributed by atoms with Crippen LogP contribution in [0.15, 0.2) is 16.3 Å². The van der Waals surface area contributed by atoms with E-state index in [9.17, 15) is 24.3 Å². The summed E-state index contributed by atoms with van der Waals surface area (Å²) in [5.41, 5.74) is 0.949. The van der Waals surface area contributed by atoms with Crippen LogP contribution in [0.1, 0.15) is 34.6 Å². The minimum Gasteiger partial charge on any atom is -0.447 e. The lowest BCUT2D eigenvalue weighted by Crippen LogP contribution is -2.65. The molecule has 14 nitrogen and oxygen atoms in total. The highest BCUT2D eigenvalue weighted by atomic mass is 31.0. The summed E-state index contributed by atoms with van der Waals surface area (Å²) in [5, 5.41) is 15.3. The van der Waals surface area contributed by atoms with Crippen LogP contribution in [0.25, 0.3) is 0 Å². The summed E-state index contributed by atoms with van der Waals surface area (Å²) in [6.45, 7) is 11.1. The number of aliphatic hydroxyl groups is 1. The van der Waals surface area contributed by atoms with Crippen molar-refractivity contribution in [2.75, 3.05) is 19.6 Å². The molecule has 0 aliphatic carbocycles. The number of aliphatic imine (C=N–C) groups is 1. The molecule has 18 heteroatoms. The number of guanidine groups is 1.